The number of imidazole rings is 1. The summed E-state index contributed by atoms with van der Waals surface area (Å²) in [5.74, 6) is 7.06. The fourth-order valence-electron chi connectivity index (χ4n) is 4.06. The molecule has 2 aliphatic rings. The molecule has 1 aromatic heterocycles. The van der Waals surface area contributed by atoms with E-state index in [0.29, 0.717) is 0 Å². The fraction of sp³-hybridized carbons (Fsp3) is 0.800. The standard InChI is InChI=1S/C15H27N5O/c1-19-7-6-17-14(19)12-13(18-16)15(4-2-3-5-15)20-8-10-21-11-9-20/h6-7,13,18H,2-5,8-12,16H2,1H3. The monoisotopic (exact) mass is 293 g/mol. The van der Waals surface area contributed by atoms with E-state index in [2.05, 4.69) is 19.9 Å². The van der Waals surface area contributed by atoms with Crippen LogP contribution in [0.4, 0.5) is 0 Å². The normalized spacial score (nSPS) is 24.3. The summed E-state index contributed by atoms with van der Waals surface area (Å²) in [6.07, 6.45) is 9.74. The lowest BCUT2D eigenvalue weighted by molar-refractivity contribution is -0.0360. The molecule has 118 valence electrons. The van der Waals surface area contributed by atoms with Crippen LogP contribution >= 0.6 is 0 Å². The Kier molecular flexibility index (Phi) is 4.59. The number of hydrazine groups is 1. The van der Waals surface area contributed by atoms with Gasteiger partial charge in [0.05, 0.1) is 13.2 Å². The molecule has 0 bridgehead atoms. The van der Waals surface area contributed by atoms with Gasteiger partial charge in [-0.3, -0.25) is 16.2 Å². The molecule has 6 nitrogen and oxygen atoms in total. The van der Waals surface area contributed by atoms with Crippen LogP contribution in [0.3, 0.4) is 0 Å². The van der Waals surface area contributed by atoms with Crippen LogP contribution in [0.25, 0.3) is 0 Å². The molecule has 1 saturated carbocycles. The van der Waals surface area contributed by atoms with Crippen molar-refractivity contribution in [1.29, 1.82) is 0 Å². The molecule has 0 aromatic carbocycles. The maximum absolute atomic E-state index is 5.97. The van der Waals surface area contributed by atoms with E-state index >= 15 is 0 Å². The van der Waals surface area contributed by atoms with E-state index in [9.17, 15) is 0 Å². The van der Waals surface area contributed by atoms with Crippen LogP contribution in [0, 0.1) is 0 Å². The molecule has 1 aliphatic heterocycles. The van der Waals surface area contributed by atoms with Gasteiger partial charge in [-0.25, -0.2) is 4.98 Å². The van der Waals surface area contributed by atoms with E-state index in [4.69, 9.17) is 10.6 Å². The first-order valence-corrected chi connectivity index (χ1v) is 8.01. The SMILES string of the molecule is Cn1ccnc1CC(NN)C1(N2CCOCC2)CCCC1. The number of nitrogens with two attached hydrogens (primary N) is 1. The van der Waals surface area contributed by atoms with E-state index < -0.39 is 0 Å². The number of nitrogens with zero attached hydrogens (tertiary/aromatic N) is 3. The van der Waals surface area contributed by atoms with Crippen LogP contribution in [0.5, 0.6) is 0 Å². The summed E-state index contributed by atoms with van der Waals surface area (Å²) >= 11 is 0. The van der Waals surface area contributed by atoms with Gasteiger partial charge in [-0.05, 0) is 12.8 Å². The van der Waals surface area contributed by atoms with Crippen molar-refractivity contribution >= 4 is 0 Å². The lowest BCUT2D eigenvalue weighted by Gasteiger charge is -2.48. The Bertz CT molecular complexity index is 449. The predicted octanol–water partition coefficient (Wildman–Crippen LogP) is 0.440. The summed E-state index contributed by atoms with van der Waals surface area (Å²) in [5.41, 5.74) is 3.27. The zero-order chi connectivity index (χ0) is 14.7. The first-order chi connectivity index (χ1) is 10.3. The number of rotatable bonds is 5. The van der Waals surface area contributed by atoms with Gasteiger partial charge in [0.25, 0.3) is 0 Å². The highest BCUT2D eigenvalue weighted by Crippen LogP contribution is 2.39. The molecule has 3 N–H and O–H groups in total. The third-order valence-electron chi connectivity index (χ3n) is 5.27. The van der Waals surface area contributed by atoms with E-state index in [1.165, 1.54) is 25.7 Å². The lowest BCUT2D eigenvalue weighted by atomic mass is 9.84. The molecule has 1 saturated heterocycles. The molecule has 2 heterocycles. The van der Waals surface area contributed by atoms with Gasteiger partial charge in [0.2, 0.25) is 0 Å². The van der Waals surface area contributed by atoms with Gasteiger partial charge in [0.15, 0.2) is 0 Å². The average Bonchev–Trinajstić information content (AvgIpc) is 3.16. The van der Waals surface area contributed by atoms with Gasteiger partial charge in [-0.15, -0.1) is 0 Å². The summed E-state index contributed by atoms with van der Waals surface area (Å²) in [6, 6.07) is 0.235. The molecule has 1 aliphatic carbocycles. The van der Waals surface area contributed by atoms with Crippen molar-refractivity contribution in [3.63, 3.8) is 0 Å². The Labute approximate surface area is 126 Å². The molecule has 0 spiro atoms. The molecular formula is C15H27N5O. The van der Waals surface area contributed by atoms with Crippen molar-refractivity contribution in [2.75, 3.05) is 26.3 Å². The molecule has 3 rings (SSSR count). The third-order valence-corrected chi connectivity index (χ3v) is 5.27. The molecule has 6 heteroatoms. The topological polar surface area (TPSA) is 68.3 Å². The largest absolute Gasteiger partial charge is 0.379 e. The van der Waals surface area contributed by atoms with Gasteiger partial charge in [0, 0.05) is 50.5 Å². The molecule has 0 amide bonds. The van der Waals surface area contributed by atoms with Gasteiger partial charge in [0.1, 0.15) is 5.82 Å². The van der Waals surface area contributed by atoms with Crippen LogP contribution in [-0.2, 0) is 18.2 Å². The number of morpholine rings is 1. The third kappa shape index (κ3) is 2.85. The minimum absolute atomic E-state index is 0.157. The second-order valence-electron chi connectivity index (χ2n) is 6.29. The number of hydrogen-bond donors (Lipinski definition) is 2. The zero-order valence-corrected chi connectivity index (χ0v) is 12.9. The van der Waals surface area contributed by atoms with Gasteiger partial charge < -0.3 is 9.30 Å². The smallest absolute Gasteiger partial charge is 0.110 e. The highest BCUT2D eigenvalue weighted by Gasteiger charge is 2.46. The zero-order valence-electron chi connectivity index (χ0n) is 12.9. The van der Waals surface area contributed by atoms with E-state index in [1.54, 1.807) is 0 Å². The molecule has 1 atom stereocenters. The maximum atomic E-state index is 5.97. The number of nitrogens with one attached hydrogen (secondary N) is 1. The number of hydrogen-bond acceptors (Lipinski definition) is 5. The molecule has 1 aromatic rings. The first kappa shape index (κ1) is 15.0. The van der Waals surface area contributed by atoms with Crippen molar-refractivity contribution in [3.05, 3.63) is 18.2 Å². The minimum Gasteiger partial charge on any atom is -0.379 e. The van der Waals surface area contributed by atoms with Crippen LogP contribution in [0.2, 0.25) is 0 Å². The lowest BCUT2D eigenvalue weighted by Crippen LogP contribution is -2.64. The van der Waals surface area contributed by atoms with E-state index in [0.717, 1.165) is 38.5 Å². The summed E-state index contributed by atoms with van der Waals surface area (Å²) in [6.45, 7) is 3.69. The highest BCUT2D eigenvalue weighted by molar-refractivity contribution is 5.08. The van der Waals surface area contributed by atoms with Crippen LogP contribution < -0.4 is 11.3 Å². The molecular weight excluding hydrogens is 266 g/mol. The number of aromatic nitrogens is 2. The van der Waals surface area contributed by atoms with Crippen molar-refractivity contribution in [2.24, 2.45) is 12.9 Å². The van der Waals surface area contributed by atoms with Gasteiger partial charge >= 0.3 is 0 Å². The second-order valence-corrected chi connectivity index (χ2v) is 6.29. The van der Waals surface area contributed by atoms with Crippen molar-refractivity contribution in [2.45, 2.75) is 43.7 Å². The van der Waals surface area contributed by atoms with E-state index in [1.807, 2.05) is 19.4 Å². The van der Waals surface area contributed by atoms with Crippen molar-refractivity contribution in [1.82, 2.24) is 19.9 Å². The van der Waals surface area contributed by atoms with Gasteiger partial charge in [-0.1, -0.05) is 12.8 Å². The Balaban J connectivity index is 1.81. The first-order valence-electron chi connectivity index (χ1n) is 8.01. The predicted molar refractivity (Wildman–Crippen MR) is 81.6 cm³/mol. The summed E-state index contributed by atoms with van der Waals surface area (Å²) in [7, 11) is 2.05. The van der Waals surface area contributed by atoms with E-state index in [-0.39, 0.29) is 11.6 Å². The Morgan fingerprint density at radius 1 is 1.38 bits per heavy atom. The summed E-state index contributed by atoms with van der Waals surface area (Å²) in [5, 5.41) is 0. The fourth-order valence-corrected chi connectivity index (χ4v) is 4.06. The van der Waals surface area contributed by atoms with Crippen LogP contribution in [0.15, 0.2) is 12.4 Å². The summed E-state index contributed by atoms with van der Waals surface area (Å²) < 4.78 is 7.62. The molecule has 2 fully saturated rings. The van der Waals surface area contributed by atoms with Crippen molar-refractivity contribution in [3.8, 4) is 0 Å². The van der Waals surface area contributed by atoms with Crippen LogP contribution in [-0.4, -0.2) is 52.3 Å². The Morgan fingerprint density at radius 2 is 2.10 bits per heavy atom. The Morgan fingerprint density at radius 3 is 2.67 bits per heavy atom. The van der Waals surface area contributed by atoms with Crippen LogP contribution in [0.1, 0.15) is 31.5 Å². The molecule has 0 radical (unpaired) electrons. The minimum atomic E-state index is 0.157. The van der Waals surface area contributed by atoms with Crippen molar-refractivity contribution < 1.29 is 4.74 Å². The summed E-state index contributed by atoms with van der Waals surface area (Å²) in [4.78, 5) is 7.08. The average molecular weight is 293 g/mol. The molecule has 21 heavy (non-hydrogen) atoms. The second kappa shape index (κ2) is 6.44. The Hall–Kier alpha value is -0.950. The molecule has 1 unspecified atom stereocenters. The maximum Gasteiger partial charge on any atom is 0.110 e. The van der Waals surface area contributed by atoms with Gasteiger partial charge in [-0.2, -0.15) is 0 Å². The number of aryl methyl sites for hydroxylation is 1. The quantitative estimate of drug-likeness (QED) is 0.609. The number of ether oxygens (including phenoxy) is 1. The highest BCUT2D eigenvalue weighted by atomic mass is 16.5.